The number of para-hydroxylation sites is 1. The highest BCUT2D eigenvalue weighted by Gasteiger charge is 2.35. The Morgan fingerprint density at radius 2 is 1.93 bits per heavy atom. The van der Waals surface area contributed by atoms with Crippen LogP contribution < -0.4 is 0 Å². The molecule has 5 heteroatoms. The van der Waals surface area contributed by atoms with Gasteiger partial charge in [-0.1, -0.05) is 37.1 Å². The molecule has 1 aliphatic carbocycles. The Morgan fingerprint density at radius 1 is 1.15 bits per heavy atom. The SMILES string of the molecule is N#Cc1ccc(COC(=O)C2CCCCC2c2nc3ccccc3s2)cc1. The van der Waals surface area contributed by atoms with Crippen LogP contribution in [0.15, 0.2) is 48.5 Å². The third kappa shape index (κ3) is 3.86. The molecular weight excluding hydrogens is 356 g/mol. The summed E-state index contributed by atoms with van der Waals surface area (Å²) in [5.41, 5.74) is 2.51. The largest absolute Gasteiger partial charge is 0.461 e. The third-order valence-electron chi connectivity index (χ3n) is 5.16. The summed E-state index contributed by atoms with van der Waals surface area (Å²) in [4.78, 5) is 17.6. The number of aromatic nitrogens is 1. The van der Waals surface area contributed by atoms with Crippen molar-refractivity contribution in [2.24, 2.45) is 5.92 Å². The standard InChI is InChI=1S/C22H20N2O2S/c23-13-15-9-11-16(12-10-15)14-26-22(25)18-6-2-1-5-17(18)21-24-19-7-3-4-8-20(19)27-21/h3-4,7-12,17-18H,1-2,5-6,14H2. The molecule has 0 aliphatic heterocycles. The molecule has 1 saturated carbocycles. The van der Waals surface area contributed by atoms with Gasteiger partial charge in [0, 0.05) is 5.92 Å². The number of hydrogen-bond donors (Lipinski definition) is 0. The van der Waals surface area contributed by atoms with Crippen molar-refractivity contribution in [3.05, 3.63) is 64.7 Å². The minimum Gasteiger partial charge on any atom is -0.461 e. The number of ether oxygens (including phenoxy) is 1. The van der Waals surface area contributed by atoms with Crippen molar-refractivity contribution in [3.8, 4) is 6.07 Å². The Balaban J connectivity index is 1.47. The fraction of sp³-hybridized carbons (Fsp3) is 0.318. The van der Waals surface area contributed by atoms with Gasteiger partial charge in [0.1, 0.15) is 6.61 Å². The van der Waals surface area contributed by atoms with Crippen LogP contribution in [0.3, 0.4) is 0 Å². The van der Waals surface area contributed by atoms with E-state index in [9.17, 15) is 4.79 Å². The zero-order valence-corrected chi connectivity index (χ0v) is 15.7. The molecule has 0 spiro atoms. The summed E-state index contributed by atoms with van der Waals surface area (Å²) >= 11 is 1.69. The molecule has 4 rings (SSSR count). The average Bonchev–Trinajstić information content (AvgIpc) is 3.16. The molecule has 2 unspecified atom stereocenters. The molecule has 1 aromatic heterocycles. The van der Waals surface area contributed by atoms with Crippen molar-refractivity contribution < 1.29 is 9.53 Å². The van der Waals surface area contributed by atoms with Gasteiger partial charge in [-0.25, -0.2) is 4.98 Å². The molecule has 1 heterocycles. The van der Waals surface area contributed by atoms with Crippen LogP contribution in [0.25, 0.3) is 10.2 Å². The normalized spacial score (nSPS) is 19.5. The number of nitrogens with zero attached hydrogens (tertiary/aromatic N) is 2. The lowest BCUT2D eigenvalue weighted by Crippen LogP contribution is -2.27. The van der Waals surface area contributed by atoms with Gasteiger partial charge in [0.25, 0.3) is 0 Å². The topological polar surface area (TPSA) is 63.0 Å². The van der Waals surface area contributed by atoms with Gasteiger partial charge in [0.15, 0.2) is 0 Å². The van der Waals surface area contributed by atoms with E-state index in [2.05, 4.69) is 12.1 Å². The van der Waals surface area contributed by atoms with Crippen LogP contribution in [0, 0.1) is 17.2 Å². The van der Waals surface area contributed by atoms with Gasteiger partial charge in [-0.2, -0.15) is 5.26 Å². The van der Waals surface area contributed by atoms with Crippen LogP contribution in [0.1, 0.15) is 47.7 Å². The molecular formula is C22H20N2O2S. The molecule has 3 aromatic rings. The summed E-state index contributed by atoms with van der Waals surface area (Å²) in [6.45, 7) is 0.244. The highest BCUT2D eigenvalue weighted by Crippen LogP contribution is 2.41. The highest BCUT2D eigenvalue weighted by atomic mass is 32.1. The second kappa shape index (κ2) is 7.89. The van der Waals surface area contributed by atoms with Crippen LogP contribution in [-0.2, 0) is 16.1 Å². The van der Waals surface area contributed by atoms with E-state index in [0.717, 1.165) is 41.8 Å². The van der Waals surface area contributed by atoms with E-state index in [-0.39, 0.29) is 24.4 Å². The molecule has 136 valence electrons. The maximum atomic E-state index is 12.8. The van der Waals surface area contributed by atoms with Crippen LogP contribution in [0.4, 0.5) is 0 Å². The molecule has 0 bridgehead atoms. The summed E-state index contributed by atoms with van der Waals surface area (Å²) in [5.74, 6) is -0.120. The predicted molar refractivity (Wildman–Crippen MR) is 105 cm³/mol. The number of benzene rings is 2. The highest BCUT2D eigenvalue weighted by molar-refractivity contribution is 7.18. The van der Waals surface area contributed by atoms with Crippen LogP contribution in [-0.4, -0.2) is 11.0 Å². The Morgan fingerprint density at radius 3 is 2.70 bits per heavy atom. The molecule has 2 atom stereocenters. The summed E-state index contributed by atoms with van der Waals surface area (Å²) in [5, 5.41) is 9.92. The van der Waals surface area contributed by atoms with Gasteiger partial charge in [0.05, 0.1) is 32.8 Å². The van der Waals surface area contributed by atoms with E-state index in [0.29, 0.717) is 5.56 Å². The van der Waals surface area contributed by atoms with Gasteiger partial charge in [0.2, 0.25) is 0 Å². The van der Waals surface area contributed by atoms with Crippen molar-refractivity contribution in [2.75, 3.05) is 0 Å². The Labute approximate surface area is 162 Å². The van der Waals surface area contributed by atoms with Crippen molar-refractivity contribution >= 4 is 27.5 Å². The summed E-state index contributed by atoms with van der Waals surface area (Å²) in [6, 6.07) is 17.4. The lowest BCUT2D eigenvalue weighted by Gasteiger charge is -2.28. The molecule has 0 radical (unpaired) electrons. The number of rotatable bonds is 4. The molecule has 27 heavy (non-hydrogen) atoms. The maximum Gasteiger partial charge on any atom is 0.309 e. The number of hydrogen-bond acceptors (Lipinski definition) is 5. The van der Waals surface area contributed by atoms with Gasteiger partial charge in [-0.05, 0) is 42.7 Å². The van der Waals surface area contributed by atoms with Gasteiger partial charge in [-0.3, -0.25) is 4.79 Å². The molecule has 0 N–H and O–H groups in total. The number of carbonyl (C=O) groups excluding carboxylic acids is 1. The second-order valence-electron chi connectivity index (χ2n) is 6.93. The fourth-order valence-corrected chi connectivity index (χ4v) is 4.86. The van der Waals surface area contributed by atoms with Gasteiger partial charge >= 0.3 is 5.97 Å². The molecule has 1 fully saturated rings. The van der Waals surface area contributed by atoms with E-state index in [4.69, 9.17) is 15.0 Å². The fourth-order valence-electron chi connectivity index (χ4n) is 3.69. The van der Waals surface area contributed by atoms with Gasteiger partial charge in [-0.15, -0.1) is 11.3 Å². The lowest BCUT2D eigenvalue weighted by molar-refractivity contribution is -0.151. The molecule has 0 saturated heterocycles. The zero-order chi connectivity index (χ0) is 18.6. The summed E-state index contributed by atoms with van der Waals surface area (Å²) in [7, 11) is 0. The Hall–Kier alpha value is -2.71. The number of nitriles is 1. The Bertz CT molecular complexity index is 954. The first-order valence-electron chi connectivity index (χ1n) is 9.26. The molecule has 1 aliphatic rings. The smallest absolute Gasteiger partial charge is 0.309 e. The van der Waals surface area contributed by atoms with Crippen LogP contribution >= 0.6 is 11.3 Å². The maximum absolute atomic E-state index is 12.8. The molecule has 2 aromatic carbocycles. The number of fused-ring (bicyclic) bond motifs is 1. The second-order valence-corrected chi connectivity index (χ2v) is 8.00. The average molecular weight is 376 g/mol. The quantitative estimate of drug-likeness (QED) is 0.588. The van der Waals surface area contributed by atoms with Crippen molar-refractivity contribution in [3.63, 3.8) is 0 Å². The number of thiazole rings is 1. The first-order chi connectivity index (χ1) is 13.2. The first kappa shape index (κ1) is 17.7. The summed E-state index contributed by atoms with van der Waals surface area (Å²) < 4.78 is 6.79. The predicted octanol–water partition coefficient (Wildman–Crippen LogP) is 5.19. The zero-order valence-electron chi connectivity index (χ0n) is 14.9. The van der Waals surface area contributed by atoms with E-state index in [1.807, 2.05) is 30.3 Å². The third-order valence-corrected chi connectivity index (χ3v) is 6.33. The van der Waals surface area contributed by atoms with Crippen molar-refractivity contribution in [1.29, 1.82) is 5.26 Å². The molecule has 4 nitrogen and oxygen atoms in total. The van der Waals surface area contributed by atoms with E-state index < -0.39 is 0 Å². The monoisotopic (exact) mass is 376 g/mol. The van der Waals surface area contributed by atoms with Gasteiger partial charge < -0.3 is 4.74 Å². The number of esters is 1. The van der Waals surface area contributed by atoms with Crippen molar-refractivity contribution in [1.82, 2.24) is 4.98 Å². The molecule has 0 amide bonds. The first-order valence-corrected chi connectivity index (χ1v) is 10.1. The summed E-state index contributed by atoms with van der Waals surface area (Å²) in [6.07, 6.45) is 4.02. The Kier molecular flexibility index (Phi) is 5.17. The lowest BCUT2D eigenvalue weighted by atomic mass is 9.79. The van der Waals surface area contributed by atoms with Crippen molar-refractivity contribution in [2.45, 2.75) is 38.2 Å². The van der Waals surface area contributed by atoms with Crippen LogP contribution in [0.2, 0.25) is 0 Å². The van der Waals surface area contributed by atoms with Crippen LogP contribution in [0.5, 0.6) is 0 Å². The van der Waals surface area contributed by atoms with E-state index in [1.54, 1.807) is 23.5 Å². The number of carbonyl (C=O) groups is 1. The minimum absolute atomic E-state index is 0.127. The van der Waals surface area contributed by atoms with E-state index in [1.165, 1.54) is 4.70 Å². The van der Waals surface area contributed by atoms with E-state index >= 15 is 0 Å². The minimum atomic E-state index is -0.136.